The Kier molecular flexibility index (Phi) is 5.32. The molecule has 5 nitrogen and oxygen atoms in total. The Balaban J connectivity index is 1.71. The van der Waals surface area contributed by atoms with Crippen LogP contribution in [0.2, 0.25) is 5.02 Å². The lowest BCUT2D eigenvalue weighted by Gasteiger charge is -2.32. The maximum absolute atomic E-state index is 13.9. The molecule has 0 spiro atoms. The molecular weight excluding hydrogens is 400 g/mol. The van der Waals surface area contributed by atoms with Crippen LogP contribution >= 0.6 is 11.6 Å². The highest BCUT2D eigenvalue weighted by molar-refractivity contribution is 6.30. The number of nitrogens with one attached hydrogen (secondary N) is 1. The summed E-state index contributed by atoms with van der Waals surface area (Å²) in [6.45, 7) is 0. The molecule has 3 aromatic rings. The summed E-state index contributed by atoms with van der Waals surface area (Å²) in [5, 5.41) is 8.32. The third kappa shape index (κ3) is 3.74. The first-order valence-corrected chi connectivity index (χ1v) is 9.50. The second kappa shape index (κ2) is 7.91. The van der Waals surface area contributed by atoms with Crippen molar-refractivity contribution in [3.63, 3.8) is 0 Å². The van der Waals surface area contributed by atoms with Crippen LogP contribution in [-0.2, 0) is 0 Å². The fourth-order valence-corrected chi connectivity index (χ4v) is 3.81. The Morgan fingerprint density at radius 2 is 1.90 bits per heavy atom. The van der Waals surface area contributed by atoms with Gasteiger partial charge in [-0.05, 0) is 36.2 Å². The maximum atomic E-state index is 13.9. The van der Waals surface area contributed by atoms with Crippen molar-refractivity contribution in [2.45, 2.75) is 24.9 Å². The number of rotatable bonds is 5. The molecule has 0 saturated heterocycles. The van der Waals surface area contributed by atoms with E-state index in [1.54, 1.807) is 44.6 Å². The number of alkyl halides is 2. The third-order valence-electron chi connectivity index (χ3n) is 5.07. The van der Waals surface area contributed by atoms with Crippen molar-refractivity contribution < 1.29 is 18.3 Å². The molecule has 2 atom stereocenters. The van der Waals surface area contributed by atoms with Crippen LogP contribution < -0.4 is 14.8 Å². The molecule has 0 fully saturated rings. The van der Waals surface area contributed by atoms with Crippen molar-refractivity contribution in [3.05, 3.63) is 59.1 Å². The number of nitrogens with zero attached hydrogens (tertiary/aromatic N) is 2. The first-order valence-electron chi connectivity index (χ1n) is 9.12. The van der Waals surface area contributed by atoms with Gasteiger partial charge in [-0.1, -0.05) is 29.8 Å². The molecule has 29 heavy (non-hydrogen) atoms. The SMILES string of the molecule is COc1ccc(C2CC(C(F)F)n3nc(-c4cccc(Cl)c4)cc3N2)cc1OC. The maximum Gasteiger partial charge on any atom is 0.260 e. The Labute approximate surface area is 172 Å². The number of benzene rings is 2. The van der Waals surface area contributed by atoms with E-state index in [0.29, 0.717) is 28.0 Å². The minimum Gasteiger partial charge on any atom is -0.493 e. The van der Waals surface area contributed by atoms with Gasteiger partial charge in [0.1, 0.15) is 11.9 Å². The van der Waals surface area contributed by atoms with Gasteiger partial charge < -0.3 is 14.8 Å². The molecule has 2 heterocycles. The van der Waals surface area contributed by atoms with Gasteiger partial charge in [-0.3, -0.25) is 0 Å². The molecule has 0 amide bonds. The van der Waals surface area contributed by atoms with Crippen molar-refractivity contribution in [3.8, 4) is 22.8 Å². The summed E-state index contributed by atoms with van der Waals surface area (Å²) < 4.78 is 39.7. The number of hydrogen-bond donors (Lipinski definition) is 1. The number of anilines is 1. The van der Waals surface area contributed by atoms with E-state index < -0.39 is 12.5 Å². The van der Waals surface area contributed by atoms with Crippen molar-refractivity contribution >= 4 is 17.4 Å². The molecule has 8 heteroatoms. The van der Waals surface area contributed by atoms with Crippen LogP contribution in [-0.4, -0.2) is 30.4 Å². The molecule has 0 bridgehead atoms. The standard InChI is InChI=1S/C21H20ClF2N3O2/c1-28-18-7-6-13(9-19(18)29-2)15-10-17(21(23)24)27-20(25-15)11-16(26-27)12-4-3-5-14(22)8-12/h3-9,11,15,17,21,25H,10H2,1-2H3. The smallest absolute Gasteiger partial charge is 0.260 e. The van der Waals surface area contributed by atoms with Crippen molar-refractivity contribution in [1.82, 2.24) is 9.78 Å². The molecule has 4 rings (SSSR count). The molecule has 1 N–H and O–H groups in total. The second-order valence-corrected chi connectivity index (χ2v) is 7.26. The molecule has 0 saturated carbocycles. The number of methoxy groups -OCH3 is 2. The van der Waals surface area contributed by atoms with E-state index in [1.807, 2.05) is 18.2 Å². The number of fused-ring (bicyclic) bond motifs is 1. The first-order chi connectivity index (χ1) is 14.0. The van der Waals surface area contributed by atoms with Gasteiger partial charge in [0.2, 0.25) is 0 Å². The van der Waals surface area contributed by atoms with E-state index in [2.05, 4.69) is 10.4 Å². The Hall–Kier alpha value is -2.80. The zero-order valence-corrected chi connectivity index (χ0v) is 16.7. The zero-order chi connectivity index (χ0) is 20.5. The lowest BCUT2D eigenvalue weighted by atomic mass is 9.97. The average Bonchev–Trinajstić information content (AvgIpc) is 3.16. The Bertz CT molecular complexity index is 1020. The molecule has 0 aliphatic carbocycles. The molecule has 1 aromatic heterocycles. The van der Waals surface area contributed by atoms with Gasteiger partial charge in [0.25, 0.3) is 6.43 Å². The minimum atomic E-state index is -2.55. The van der Waals surface area contributed by atoms with Crippen molar-refractivity contribution in [2.24, 2.45) is 0 Å². The average molecular weight is 420 g/mol. The summed E-state index contributed by atoms with van der Waals surface area (Å²) >= 11 is 6.06. The van der Waals surface area contributed by atoms with Gasteiger partial charge in [-0.2, -0.15) is 5.10 Å². The van der Waals surface area contributed by atoms with Crippen molar-refractivity contribution in [2.75, 3.05) is 19.5 Å². The zero-order valence-electron chi connectivity index (χ0n) is 15.9. The minimum absolute atomic E-state index is 0.191. The van der Waals surface area contributed by atoms with Crippen LogP contribution in [0.4, 0.5) is 14.6 Å². The van der Waals surface area contributed by atoms with Gasteiger partial charge in [0.05, 0.1) is 26.0 Å². The van der Waals surface area contributed by atoms with Crippen molar-refractivity contribution in [1.29, 1.82) is 0 Å². The quantitative estimate of drug-likeness (QED) is 0.586. The van der Waals surface area contributed by atoms with Gasteiger partial charge in [0, 0.05) is 16.7 Å². The summed E-state index contributed by atoms with van der Waals surface area (Å²) in [7, 11) is 3.10. The largest absolute Gasteiger partial charge is 0.493 e. The first kappa shape index (κ1) is 19.5. The predicted molar refractivity (Wildman–Crippen MR) is 108 cm³/mol. The summed E-state index contributed by atoms with van der Waals surface area (Å²) in [6.07, 6.45) is -2.36. The van der Waals surface area contributed by atoms with Crippen LogP contribution in [0.1, 0.15) is 24.1 Å². The van der Waals surface area contributed by atoms with Gasteiger partial charge in [0.15, 0.2) is 11.5 Å². The van der Waals surface area contributed by atoms with Gasteiger partial charge in [-0.15, -0.1) is 0 Å². The van der Waals surface area contributed by atoms with Crippen LogP contribution in [0, 0.1) is 0 Å². The lowest BCUT2D eigenvalue weighted by molar-refractivity contribution is 0.0659. The van der Waals surface area contributed by atoms with E-state index in [4.69, 9.17) is 21.1 Å². The predicted octanol–water partition coefficient (Wildman–Crippen LogP) is 5.58. The molecular formula is C21H20ClF2N3O2. The molecule has 2 unspecified atom stereocenters. The summed E-state index contributed by atoms with van der Waals surface area (Å²) in [5.41, 5.74) is 2.20. The third-order valence-corrected chi connectivity index (χ3v) is 5.31. The topological polar surface area (TPSA) is 48.3 Å². The van der Waals surface area contributed by atoms with E-state index in [0.717, 1.165) is 11.1 Å². The fourth-order valence-electron chi connectivity index (χ4n) is 3.62. The van der Waals surface area contributed by atoms with Crippen LogP contribution in [0.25, 0.3) is 11.3 Å². The summed E-state index contributed by atoms with van der Waals surface area (Å²) in [4.78, 5) is 0. The second-order valence-electron chi connectivity index (χ2n) is 6.82. The number of aromatic nitrogens is 2. The monoisotopic (exact) mass is 419 g/mol. The molecule has 0 radical (unpaired) electrons. The molecule has 152 valence electrons. The highest BCUT2D eigenvalue weighted by atomic mass is 35.5. The highest BCUT2D eigenvalue weighted by Gasteiger charge is 2.35. The van der Waals surface area contributed by atoms with Crippen LogP contribution in [0.3, 0.4) is 0 Å². The fraction of sp³-hybridized carbons (Fsp3) is 0.286. The van der Waals surface area contributed by atoms with E-state index in [1.165, 1.54) is 4.68 Å². The normalized spacial score (nSPS) is 18.3. The van der Waals surface area contributed by atoms with Crippen LogP contribution in [0.15, 0.2) is 48.5 Å². The van der Waals surface area contributed by atoms with Crippen LogP contribution in [0.5, 0.6) is 11.5 Å². The molecule has 2 aromatic carbocycles. The van der Waals surface area contributed by atoms with E-state index in [-0.39, 0.29) is 12.5 Å². The summed E-state index contributed by atoms with van der Waals surface area (Å²) in [6, 6.07) is 13.0. The number of hydrogen-bond acceptors (Lipinski definition) is 4. The Morgan fingerprint density at radius 3 is 2.59 bits per heavy atom. The van der Waals surface area contributed by atoms with E-state index in [9.17, 15) is 8.78 Å². The summed E-state index contributed by atoms with van der Waals surface area (Å²) in [5.74, 6) is 1.68. The lowest BCUT2D eigenvalue weighted by Crippen LogP contribution is -2.30. The number of ether oxygens (including phenoxy) is 2. The highest BCUT2D eigenvalue weighted by Crippen LogP contribution is 2.41. The van der Waals surface area contributed by atoms with Gasteiger partial charge >= 0.3 is 0 Å². The van der Waals surface area contributed by atoms with E-state index >= 15 is 0 Å². The Morgan fingerprint density at radius 1 is 1.10 bits per heavy atom. The molecule has 1 aliphatic heterocycles. The molecule has 1 aliphatic rings. The van der Waals surface area contributed by atoms with Gasteiger partial charge in [-0.25, -0.2) is 13.5 Å². The number of halogens is 3.